The zero-order valence-electron chi connectivity index (χ0n) is 12.6. The highest BCUT2D eigenvalue weighted by atomic mass is 19.1. The quantitative estimate of drug-likeness (QED) is 0.856. The van der Waals surface area contributed by atoms with E-state index in [2.05, 4.69) is 43.4 Å². The molecule has 0 saturated heterocycles. The molecule has 106 valence electrons. The van der Waals surface area contributed by atoms with E-state index >= 15 is 0 Å². The van der Waals surface area contributed by atoms with Gasteiger partial charge in [-0.15, -0.1) is 0 Å². The normalized spacial score (nSPS) is 12.4. The highest BCUT2D eigenvalue weighted by molar-refractivity contribution is 5.31. The van der Waals surface area contributed by atoms with Gasteiger partial charge in [0.15, 0.2) is 0 Å². The fourth-order valence-corrected chi connectivity index (χ4v) is 2.47. The summed E-state index contributed by atoms with van der Waals surface area (Å²) >= 11 is 0. The fourth-order valence-electron chi connectivity index (χ4n) is 2.47. The first-order valence-corrected chi connectivity index (χ1v) is 7.03. The van der Waals surface area contributed by atoms with Crippen LogP contribution in [0.2, 0.25) is 0 Å². The van der Waals surface area contributed by atoms with E-state index in [1.54, 1.807) is 0 Å². The van der Waals surface area contributed by atoms with Gasteiger partial charge >= 0.3 is 0 Å². The lowest BCUT2D eigenvalue weighted by atomic mass is 10.0. The van der Waals surface area contributed by atoms with Crippen molar-refractivity contribution in [2.45, 2.75) is 40.3 Å². The molecule has 2 aromatic rings. The van der Waals surface area contributed by atoms with E-state index in [4.69, 9.17) is 0 Å². The molecule has 0 amide bonds. The Labute approximate surface area is 120 Å². The molecule has 0 aliphatic rings. The molecule has 1 nitrogen and oxygen atoms in total. The molecule has 0 spiro atoms. The summed E-state index contributed by atoms with van der Waals surface area (Å²) in [6, 6.07) is 12.6. The molecule has 1 N–H and O–H groups in total. The smallest absolute Gasteiger partial charge is 0.129 e. The van der Waals surface area contributed by atoms with Gasteiger partial charge in [0, 0.05) is 12.6 Å². The maximum Gasteiger partial charge on any atom is 0.129 e. The Morgan fingerprint density at radius 2 is 1.70 bits per heavy atom. The summed E-state index contributed by atoms with van der Waals surface area (Å²) in [6.07, 6.45) is 0. The average molecular weight is 271 g/mol. The molecule has 0 aliphatic heterocycles. The Kier molecular flexibility index (Phi) is 4.56. The lowest BCUT2D eigenvalue weighted by Gasteiger charge is -2.16. The van der Waals surface area contributed by atoms with Crippen LogP contribution in [0.25, 0.3) is 0 Å². The molecule has 0 aromatic heterocycles. The third-order valence-corrected chi connectivity index (χ3v) is 3.65. The summed E-state index contributed by atoms with van der Waals surface area (Å²) in [7, 11) is 0. The molecule has 2 heteroatoms. The Balaban J connectivity index is 2.05. The summed E-state index contributed by atoms with van der Waals surface area (Å²) in [5, 5.41) is 3.49. The van der Waals surface area contributed by atoms with Crippen LogP contribution in [-0.2, 0) is 6.54 Å². The molecule has 0 saturated carbocycles. The lowest BCUT2D eigenvalue weighted by molar-refractivity contribution is 0.570. The van der Waals surface area contributed by atoms with Gasteiger partial charge < -0.3 is 5.32 Å². The number of hydrogen-bond donors (Lipinski definition) is 1. The van der Waals surface area contributed by atoms with Crippen LogP contribution in [0.5, 0.6) is 0 Å². The molecule has 20 heavy (non-hydrogen) atoms. The molecule has 0 bridgehead atoms. The summed E-state index contributed by atoms with van der Waals surface area (Å²) in [5.74, 6) is -0.0968. The van der Waals surface area contributed by atoms with Gasteiger partial charge in [-0.2, -0.15) is 0 Å². The Hall–Kier alpha value is -1.67. The van der Waals surface area contributed by atoms with E-state index in [0.717, 1.165) is 12.1 Å². The van der Waals surface area contributed by atoms with Crippen LogP contribution in [0.3, 0.4) is 0 Å². The van der Waals surface area contributed by atoms with Gasteiger partial charge in [-0.05, 0) is 49.9 Å². The number of aryl methyl sites for hydroxylation is 3. The summed E-state index contributed by atoms with van der Waals surface area (Å²) in [5.41, 5.74) is 5.10. The second kappa shape index (κ2) is 6.19. The average Bonchev–Trinajstić information content (AvgIpc) is 2.42. The van der Waals surface area contributed by atoms with Crippen molar-refractivity contribution in [2.75, 3.05) is 0 Å². The minimum Gasteiger partial charge on any atom is -0.306 e. The molecule has 2 rings (SSSR count). The highest BCUT2D eigenvalue weighted by Gasteiger charge is 2.07. The Morgan fingerprint density at radius 1 is 1.05 bits per heavy atom. The zero-order chi connectivity index (χ0) is 14.7. The van der Waals surface area contributed by atoms with Crippen LogP contribution >= 0.6 is 0 Å². The number of rotatable bonds is 4. The van der Waals surface area contributed by atoms with Crippen molar-refractivity contribution in [1.29, 1.82) is 0 Å². The highest BCUT2D eigenvalue weighted by Crippen LogP contribution is 2.17. The molecule has 1 atom stereocenters. The van der Waals surface area contributed by atoms with E-state index in [1.165, 1.54) is 11.1 Å². The SMILES string of the molecule is Cc1cccc(C(C)NCc2cc(C)c(F)c(C)c2)c1. The number of hydrogen-bond acceptors (Lipinski definition) is 1. The largest absolute Gasteiger partial charge is 0.306 e. The van der Waals surface area contributed by atoms with E-state index in [9.17, 15) is 4.39 Å². The van der Waals surface area contributed by atoms with E-state index in [-0.39, 0.29) is 11.9 Å². The van der Waals surface area contributed by atoms with Crippen molar-refractivity contribution >= 4 is 0 Å². The van der Waals surface area contributed by atoms with Crippen LogP contribution in [0.15, 0.2) is 36.4 Å². The predicted molar refractivity (Wildman–Crippen MR) is 82.3 cm³/mol. The van der Waals surface area contributed by atoms with Crippen molar-refractivity contribution < 1.29 is 4.39 Å². The molecule has 2 aromatic carbocycles. The first-order valence-electron chi connectivity index (χ1n) is 7.03. The van der Waals surface area contributed by atoms with Gasteiger partial charge in [-0.3, -0.25) is 0 Å². The van der Waals surface area contributed by atoms with Gasteiger partial charge in [0.25, 0.3) is 0 Å². The van der Waals surface area contributed by atoms with E-state index < -0.39 is 0 Å². The molecule has 0 heterocycles. The standard InChI is InChI=1S/C18H22FN/c1-12-6-5-7-17(8-12)15(4)20-11-16-9-13(2)18(19)14(3)10-16/h5-10,15,20H,11H2,1-4H3. The van der Waals surface area contributed by atoms with Crippen molar-refractivity contribution in [2.24, 2.45) is 0 Å². The molecular formula is C18H22FN. The molecule has 0 radical (unpaired) electrons. The minimum atomic E-state index is -0.0968. The van der Waals surface area contributed by atoms with Crippen molar-refractivity contribution in [1.82, 2.24) is 5.32 Å². The van der Waals surface area contributed by atoms with Crippen molar-refractivity contribution in [3.05, 3.63) is 70.0 Å². The Bertz CT molecular complexity index is 581. The van der Waals surface area contributed by atoms with Crippen LogP contribution < -0.4 is 5.32 Å². The van der Waals surface area contributed by atoms with Crippen LogP contribution in [0, 0.1) is 26.6 Å². The minimum absolute atomic E-state index is 0.0968. The second-order valence-corrected chi connectivity index (χ2v) is 5.56. The van der Waals surface area contributed by atoms with Crippen molar-refractivity contribution in [3.63, 3.8) is 0 Å². The van der Waals surface area contributed by atoms with Gasteiger partial charge in [-0.1, -0.05) is 42.0 Å². The number of halogens is 1. The first kappa shape index (κ1) is 14.7. The third-order valence-electron chi connectivity index (χ3n) is 3.65. The van der Waals surface area contributed by atoms with E-state index in [1.807, 2.05) is 26.0 Å². The number of benzene rings is 2. The lowest BCUT2D eigenvalue weighted by Crippen LogP contribution is -2.18. The van der Waals surface area contributed by atoms with Crippen LogP contribution in [0.1, 0.15) is 40.8 Å². The zero-order valence-corrected chi connectivity index (χ0v) is 12.6. The Morgan fingerprint density at radius 3 is 2.30 bits per heavy atom. The van der Waals surface area contributed by atoms with Crippen molar-refractivity contribution in [3.8, 4) is 0 Å². The van der Waals surface area contributed by atoms with Crippen LogP contribution in [-0.4, -0.2) is 0 Å². The summed E-state index contributed by atoms with van der Waals surface area (Å²) in [4.78, 5) is 0. The van der Waals surface area contributed by atoms with Crippen LogP contribution in [0.4, 0.5) is 4.39 Å². The summed E-state index contributed by atoms with van der Waals surface area (Å²) in [6.45, 7) is 8.63. The van der Waals surface area contributed by atoms with Gasteiger partial charge in [0.2, 0.25) is 0 Å². The molecule has 0 fully saturated rings. The van der Waals surface area contributed by atoms with Gasteiger partial charge in [0.1, 0.15) is 5.82 Å². The molecule has 1 unspecified atom stereocenters. The molecular weight excluding hydrogens is 249 g/mol. The monoisotopic (exact) mass is 271 g/mol. The maximum absolute atomic E-state index is 13.6. The number of nitrogens with one attached hydrogen (secondary N) is 1. The third kappa shape index (κ3) is 3.45. The van der Waals surface area contributed by atoms with Gasteiger partial charge in [0.05, 0.1) is 0 Å². The van der Waals surface area contributed by atoms with E-state index in [0.29, 0.717) is 11.1 Å². The summed E-state index contributed by atoms with van der Waals surface area (Å²) < 4.78 is 13.6. The predicted octanol–water partition coefficient (Wildman–Crippen LogP) is 4.60. The van der Waals surface area contributed by atoms with Gasteiger partial charge in [-0.25, -0.2) is 4.39 Å². The maximum atomic E-state index is 13.6. The fraction of sp³-hybridized carbons (Fsp3) is 0.333. The molecule has 0 aliphatic carbocycles. The topological polar surface area (TPSA) is 12.0 Å². The second-order valence-electron chi connectivity index (χ2n) is 5.56. The first-order chi connectivity index (χ1) is 9.47.